The third-order valence-electron chi connectivity index (χ3n) is 6.21. The molecule has 0 aliphatic carbocycles. The van der Waals surface area contributed by atoms with Crippen molar-refractivity contribution in [3.8, 4) is 0 Å². The van der Waals surface area contributed by atoms with E-state index in [0.717, 1.165) is 22.8 Å². The minimum Gasteiger partial charge on any atom is -0.364 e. The summed E-state index contributed by atoms with van der Waals surface area (Å²) in [5, 5.41) is 6.37. The Kier molecular flexibility index (Phi) is 5.57. The fraction of sp³-hybridized carbons (Fsp3) is 0.333. The summed E-state index contributed by atoms with van der Waals surface area (Å²) < 4.78 is 0. The molecule has 3 aromatic carbocycles. The second-order valence-corrected chi connectivity index (χ2v) is 9.46. The van der Waals surface area contributed by atoms with Gasteiger partial charge in [-0.3, -0.25) is 4.79 Å². The number of benzene rings is 3. The maximum atomic E-state index is 12.5. The average molecular weight is 414 g/mol. The molecule has 0 bridgehead atoms. The van der Waals surface area contributed by atoms with Crippen LogP contribution in [0.3, 0.4) is 0 Å². The molecule has 0 radical (unpaired) electrons. The molecule has 1 atom stereocenters. The summed E-state index contributed by atoms with van der Waals surface area (Å²) in [6.07, 6.45) is 2.84. The van der Waals surface area contributed by atoms with Crippen molar-refractivity contribution in [1.29, 1.82) is 0 Å². The van der Waals surface area contributed by atoms with E-state index >= 15 is 0 Å². The summed E-state index contributed by atoms with van der Waals surface area (Å²) in [6.45, 7) is 11.4. The summed E-state index contributed by atoms with van der Waals surface area (Å²) in [5.74, 6) is 0.265. The number of anilines is 1. The third kappa shape index (κ3) is 4.20. The molecule has 0 aromatic heterocycles. The van der Waals surface area contributed by atoms with Gasteiger partial charge in [0.2, 0.25) is 0 Å². The molecule has 1 aliphatic heterocycles. The molecule has 3 aromatic rings. The van der Waals surface area contributed by atoms with E-state index in [4.69, 9.17) is 0 Å². The Hall–Kier alpha value is -3.14. The minimum atomic E-state index is -0.207. The van der Waals surface area contributed by atoms with Crippen LogP contribution in [-0.2, 0) is 0 Å². The van der Waals surface area contributed by atoms with Gasteiger partial charge in [-0.15, -0.1) is 0 Å². The summed E-state index contributed by atoms with van der Waals surface area (Å²) in [6, 6.07) is 20.6. The van der Waals surface area contributed by atoms with Gasteiger partial charge < -0.3 is 4.90 Å². The first-order valence-electron chi connectivity index (χ1n) is 11.0. The molecule has 1 aliphatic rings. The third-order valence-corrected chi connectivity index (χ3v) is 6.21. The maximum Gasteiger partial charge on any atom is 0.271 e. The fourth-order valence-electron chi connectivity index (χ4n) is 5.09. The van der Waals surface area contributed by atoms with Gasteiger partial charge in [-0.2, -0.15) is 5.10 Å². The van der Waals surface area contributed by atoms with E-state index in [-0.39, 0.29) is 11.4 Å². The van der Waals surface area contributed by atoms with Crippen LogP contribution in [0.4, 0.5) is 5.69 Å². The van der Waals surface area contributed by atoms with E-state index in [2.05, 4.69) is 68.2 Å². The first-order valence-corrected chi connectivity index (χ1v) is 11.0. The Morgan fingerprint density at radius 3 is 2.58 bits per heavy atom. The van der Waals surface area contributed by atoms with E-state index in [1.54, 1.807) is 6.21 Å². The van der Waals surface area contributed by atoms with Crippen LogP contribution in [-0.4, -0.2) is 23.7 Å². The van der Waals surface area contributed by atoms with Gasteiger partial charge in [-0.1, -0.05) is 43.3 Å². The van der Waals surface area contributed by atoms with Crippen molar-refractivity contribution in [1.82, 2.24) is 5.43 Å². The van der Waals surface area contributed by atoms with Gasteiger partial charge in [0.25, 0.3) is 5.91 Å². The number of hydrogen-bond donors (Lipinski definition) is 1. The highest BCUT2D eigenvalue weighted by atomic mass is 16.2. The van der Waals surface area contributed by atoms with Crippen molar-refractivity contribution in [2.45, 2.75) is 58.5 Å². The van der Waals surface area contributed by atoms with Crippen LogP contribution < -0.4 is 10.3 Å². The van der Waals surface area contributed by atoms with Crippen LogP contribution in [0, 0.1) is 0 Å². The van der Waals surface area contributed by atoms with Gasteiger partial charge >= 0.3 is 0 Å². The highest BCUT2D eigenvalue weighted by molar-refractivity contribution is 5.99. The zero-order valence-corrected chi connectivity index (χ0v) is 19.0. The smallest absolute Gasteiger partial charge is 0.271 e. The predicted molar refractivity (Wildman–Crippen MR) is 130 cm³/mol. The van der Waals surface area contributed by atoms with E-state index in [1.165, 1.54) is 11.3 Å². The highest BCUT2D eigenvalue weighted by Gasteiger charge is 2.37. The minimum absolute atomic E-state index is 0.129. The standard InChI is InChI=1S/C27H31N3O/c1-18(2)30-25-13-10-20(14-24(25)19(3)16-27(30,4)5)17-28-29-26(31)23-12-11-21-8-6-7-9-22(21)15-23/h6-15,17-19H,16H2,1-5H3,(H,29,31)/b28-17-/t19-/m1/s1. The summed E-state index contributed by atoms with van der Waals surface area (Å²) >= 11 is 0. The number of carbonyl (C=O) groups excluding carboxylic acids is 1. The van der Waals surface area contributed by atoms with Gasteiger partial charge in [0, 0.05) is 22.8 Å². The summed E-state index contributed by atoms with van der Waals surface area (Å²) in [4.78, 5) is 15.0. The van der Waals surface area contributed by atoms with Crippen LogP contribution >= 0.6 is 0 Å². The normalized spacial score (nSPS) is 17.9. The highest BCUT2D eigenvalue weighted by Crippen LogP contribution is 2.44. The molecule has 160 valence electrons. The maximum absolute atomic E-state index is 12.5. The van der Waals surface area contributed by atoms with Crippen molar-refractivity contribution in [2.24, 2.45) is 5.10 Å². The quantitative estimate of drug-likeness (QED) is 0.415. The Bertz CT molecular complexity index is 1150. The van der Waals surface area contributed by atoms with E-state index in [1.807, 2.05) is 42.5 Å². The molecule has 0 unspecified atom stereocenters. The van der Waals surface area contributed by atoms with Crippen LogP contribution in [0.1, 0.15) is 68.4 Å². The number of hydrogen-bond acceptors (Lipinski definition) is 3. The number of amides is 1. The lowest BCUT2D eigenvalue weighted by Gasteiger charge is -2.50. The van der Waals surface area contributed by atoms with E-state index in [9.17, 15) is 4.79 Å². The molecule has 4 rings (SSSR count). The Morgan fingerprint density at radius 2 is 1.84 bits per heavy atom. The summed E-state index contributed by atoms with van der Waals surface area (Å²) in [5.41, 5.74) is 7.03. The molecule has 4 nitrogen and oxygen atoms in total. The lowest BCUT2D eigenvalue weighted by molar-refractivity contribution is 0.0955. The SMILES string of the molecule is CC(C)N1c2ccc(/C=N\NC(=O)c3ccc4ccccc4c3)cc2[C@H](C)CC1(C)C. The zero-order valence-electron chi connectivity index (χ0n) is 19.0. The molecule has 0 saturated heterocycles. The Morgan fingerprint density at radius 1 is 1.10 bits per heavy atom. The van der Waals surface area contributed by atoms with Crippen LogP contribution in [0.2, 0.25) is 0 Å². The first kappa shape index (κ1) is 21.1. The van der Waals surface area contributed by atoms with Crippen molar-refractivity contribution >= 4 is 28.6 Å². The predicted octanol–water partition coefficient (Wildman–Crippen LogP) is 6.10. The fourth-order valence-corrected chi connectivity index (χ4v) is 5.09. The molecular formula is C27H31N3O. The molecule has 1 N–H and O–H groups in total. The molecule has 0 saturated carbocycles. The second kappa shape index (κ2) is 8.18. The average Bonchev–Trinajstić information content (AvgIpc) is 2.72. The largest absolute Gasteiger partial charge is 0.364 e. The molecule has 0 spiro atoms. The lowest BCUT2D eigenvalue weighted by Crippen LogP contribution is -2.51. The number of nitrogens with one attached hydrogen (secondary N) is 1. The molecule has 1 amide bonds. The van der Waals surface area contributed by atoms with Crippen molar-refractivity contribution in [2.75, 3.05) is 4.90 Å². The molecule has 0 fully saturated rings. The van der Waals surface area contributed by atoms with Crippen LogP contribution in [0.5, 0.6) is 0 Å². The van der Waals surface area contributed by atoms with Gasteiger partial charge in [0.1, 0.15) is 0 Å². The van der Waals surface area contributed by atoms with Gasteiger partial charge in [0.15, 0.2) is 0 Å². The topological polar surface area (TPSA) is 44.7 Å². The number of nitrogens with zero attached hydrogens (tertiary/aromatic N) is 2. The van der Waals surface area contributed by atoms with Crippen molar-refractivity contribution in [3.05, 3.63) is 77.4 Å². The first-order chi connectivity index (χ1) is 14.8. The Labute approximate surface area is 185 Å². The molecule has 31 heavy (non-hydrogen) atoms. The van der Waals surface area contributed by atoms with Crippen molar-refractivity contribution < 1.29 is 4.79 Å². The summed E-state index contributed by atoms with van der Waals surface area (Å²) in [7, 11) is 0. The molecular weight excluding hydrogens is 382 g/mol. The zero-order chi connectivity index (χ0) is 22.2. The van der Waals surface area contributed by atoms with Gasteiger partial charge in [-0.05, 0) is 86.2 Å². The Balaban J connectivity index is 1.52. The number of carbonyl (C=O) groups is 1. The number of rotatable bonds is 4. The number of fused-ring (bicyclic) bond motifs is 2. The molecule has 4 heteroatoms. The molecule has 1 heterocycles. The lowest BCUT2D eigenvalue weighted by atomic mass is 9.79. The van der Waals surface area contributed by atoms with Gasteiger partial charge in [0.05, 0.1) is 6.21 Å². The van der Waals surface area contributed by atoms with Crippen LogP contribution in [0.15, 0.2) is 65.8 Å². The van der Waals surface area contributed by atoms with Gasteiger partial charge in [-0.25, -0.2) is 5.43 Å². The van der Waals surface area contributed by atoms with Crippen LogP contribution in [0.25, 0.3) is 10.8 Å². The number of hydrazone groups is 1. The second-order valence-electron chi connectivity index (χ2n) is 9.46. The van der Waals surface area contributed by atoms with E-state index in [0.29, 0.717) is 17.5 Å². The van der Waals surface area contributed by atoms with E-state index < -0.39 is 0 Å². The monoisotopic (exact) mass is 413 g/mol. The van der Waals surface area contributed by atoms with Crippen molar-refractivity contribution in [3.63, 3.8) is 0 Å².